The van der Waals surface area contributed by atoms with Crippen LogP contribution in [0, 0.1) is 0 Å². The van der Waals surface area contributed by atoms with E-state index in [-0.39, 0.29) is 17.2 Å². The van der Waals surface area contributed by atoms with Crippen molar-refractivity contribution in [2.24, 2.45) is 10.2 Å². The summed E-state index contributed by atoms with van der Waals surface area (Å²) in [7, 11) is 0. The number of halogens is 3. The number of amides is 1. The lowest BCUT2D eigenvalue weighted by atomic mass is 10.2. The Labute approximate surface area is 122 Å². The first-order valence-corrected chi connectivity index (χ1v) is 5.94. The van der Waals surface area contributed by atoms with E-state index in [2.05, 4.69) is 10.2 Å². The molecule has 1 amide bonds. The summed E-state index contributed by atoms with van der Waals surface area (Å²) in [5.41, 5.74) is -0.532. The van der Waals surface area contributed by atoms with Crippen molar-refractivity contribution in [1.29, 1.82) is 0 Å². The molecule has 0 heterocycles. The summed E-state index contributed by atoms with van der Waals surface area (Å²) in [4.78, 5) is 10.2. The second kappa shape index (κ2) is 6.25. The highest BCUT2D eigenvalue weighted by atomic mass is 19.4. The van der Waals surface area contributed by atoms with E-state index in [1.54, 1.807) is 0 Å². The van der Waals surface area contributed by atoms with Crippen LogP contribution in [-0.4, -0.2) is 11.2 Å². The number of hydrogen-bond acceptors (Lipinski definition) is 3. The minimum Gasteiger partial charge on any atom is -0.462 e. The molecule has 0 spiro atoms. The van der Waals surface area contributed by atoms with E-state index >= 15 is 0 Å². The highest BCUT2D eigenvalue weighted by Gasteiger charge is 2.30. The van der Waals surface area contributed by atoms with Crippen molar-refractivity contribution >= 4 is 11.8 Å². The van der Waals surface area contributed by atoms with Crippen LogP contribution in [0.5, 0.6) is 11.5 Å². The maximum atomic E-state index is 12.6. The maximum Gasteiger partial charge on any atom is 0.449 e. The molecule has 22 heavy (non-hydrogen) atoms. The number of nitrogens with zero attached hydrogens (tertiary/aromatic N) is 2. The lowest BCUT2D eigenvalue weighted by Crippen LogP contribution is -2.04. The minimum absolute atomic E-state index is 0.0368. The number of benzene rings is 2. The SMILES string of the molecule is O=C(O)N=Nc1ccc(Oc2cccc(C(F)(F)F)c2)cc1. The molecule has 0 aliphatic heterocycles. The average Bonchev–Trinajstić information content (AvgIpc) is 2.46. The van der Waals surface area contributed by atoms with E-state index in [4.69, 9.17) is 9.84 Å². The summed E-state index contributed by atoms with van der Waals surface area (Å²) in [6.45, 7) is 0. The molecule has 1 N–H and O–H groups in total. The lowest BCUT2D eigenvalue weighted by molar-refractivity contribution is -0.137. The summed E-state index contributed by atoms with van der Waals surface area (Å²) in [5.74, 6) is 0.323. The lowest BCUT2D eigenvalue weighted by Gasteiger charge is -2.10. The quantitative estimate of drug-likeness (QED) is 0.786. The average molecular weight is 310 g/mol. The number of azo groups is 1. The zero-order valence-corrected chi connectivity index (χ0v) is 10.9. The predicted octanol–water partition coefficient (Wildman–Crippen LogP) is 5.26. The van der Waals surface area contributed by atoms with Crippen LogP contribution < -0.4 is 4.74 Å². The van der Waals surface area contributed by atoms with E-state index < -0.39 is 17.8 Å². The summed E-state index contributed by atoms with van der Waals surface area (Å²) < 4.78 is 43.1. The van der Waals surface area contributed by atoms with Gasteiger partial charge in [-0.05, 0) is 42.5 Å². The predicted molar refractivity (Wildman–Crippen MR) is 70.5 cm³/mol. The van der Waals surface area contributed by atoms with Gasteiger partial charge in [0.05, 0.1) is 11.3 Å². The normalized spacial score (nSPS) is 11.6. The Kier molecular flexibility index (Phi) is 4.40. The Balaban J connectivity index is 2.13. The van der Waals surface area contributed by atoms with Gasteiger partial charge >= 0.3 is 12.3 Å². The van der Waals surface area contributed by atoms with E-state index in [9.17, 15) is 18.0 Å². The number of carboxylic acid groups (broad SMARTS) is 1. The zero-order chi connectivity index (χ0) is 16.2. The van der Waals surface area contributed by atoms with Crippen molar-refractivity contribution in [2.75, 3.05) is 0 Å². The summed E-state index contributed by atoms with van der Waals surface area (Å²) in [6.07, 6.45) is -5.87. The molecular weight excluding hydrogens is 301 g/mol. The second-order valence-electron chi connectivity index (χ2n) is 4.10. The molecule has 2 aromatic carbocycles. The number of alkyl halides is 3. The van der Waals surface area contributed by atoms with Crippen molar-refractivity contribution in [3.63, 3.8) is 0 Å². The molecule has 0 atom stereocenters. The first kappa shape index (κ1) is 15.5. The third-order valence-electron chi connectivity index (χ3n) is 2.48. The Morgan fingerprint density at radius 2 is 1.73 bits per heavy atom. The molecule has 0 aromatic heterocycles. The van der Waals surface area contributed by atoms with Crippen LogP contribution >= 0.6 is 0 Å². The number of ether oxygens (including phenoxy) is 1. The first-order chi connectivity index (χ1) is 10.3. The molecule has 2 aromatic rings. The smallest absolute Gasteiger partial charge is 0.449 e. The van der Waals surface area contributed by atoms with Crippen molar-refractivity contribution in [1.82, 2.24) is 0 Å². The van der Waals surface area contributed by atoms with Crippen LogP contribution in [0.15, 0.2) is 58.8 Å². The molecule has 5 nitrogen and oxygen atoms in total. The molecule has 114 valence electrons. The van der Waals surface area contributed by atoms with Crippen LogP contribution in [0.25, 0.3) is 0 Å². The first-order valence-electron chi connectivity index (χ1n) is 5.94. The van der Waals surface area contributed by atoms with Gasteiger partial charge in [-0.25, -0.2) is 4.79 Å². The Hall–Kier alpha value is -2.90. The Morgan fingerprint density at radius 3 is 2.32 bits per heavy atom. The van der Waals surface area contributed by atoms with Gasteiger partial charge in [0.25, 0.3) is 0 Å². The van der Waals surface area contributed by atoms with Crippen LogP contribution in [0.4, 0.5) is 23.7 Å². The molecule has 0 unspecified atom stereocenters. The number of hydrogen-bond donors (Lipinski definition) is 1. The fourth-order valence-corrected chi connectivity index (χ4v) is 1.55. The van der Waals surface area contributed by atoms with Gasteiger partial charge in [-0.1, -0.05) is 11.2 Å². The van der Waals surface area contributed by atoms with Gasteiger partial charge in [-0.2, -0.15) is 13.2 Å². The Bertz CT molecular complexity index is 697. The molecule has 8 heteroatoms. The minimum atomic E-state index is -4.44. The van der Waals surface area contributed by atoms with Crippen LogP contribution in [0.2, 0.25) is 0 Å². The molecule has 0 saturated carbocycles. The zero-order valence-electron chi connectivity index (χ0n) is 10.9. The summed E-state index contributed by atoms with van der Waals surface area (Å²) in [6, 6.07) is 10.2. The van der Waals surface area contributed by atoms with Gasteiger partial charge in [-0.3, -0.25) is 0 Å². The van der Waals surface area contributed by atoms with Crippen molar-refractivity contribution < 1.29 is 27.8 Å². The molecule has 0 bridgehead atoms. The van der Waals surface area contributed by atoms with Gasteiger partial charge < -0.3 is 9.84 Å². The molecule has 2 rings (SSSR count). The second-order valence-corrected chi connectivity index (χ2v) is 4.10. The van der Waals surface area contributed by atoms with Crippen LogP contribution in [0.3, 0.4) is 0 Å². The van der Waals surface area contributed by atoms with E-state index in [0.29, 0.717) is 0 Å². The van der Waals surface area contributed by atoms with Crippen molar-refractivity contribution in [3.8, 4) is 11.5 Å². The summed E-state index contributed by atoms with van der Waals surface area (Å²) in [5, 5.41) is 14.7. The highest BCUT2D eigenvalue weighted by Crippen LogP contribution is 2.32. The fraction of sp³-hybridized carbons (Fsp3) is 0.0714. The molecule has 0 saturated heterocycles. The molecule has 0 fully saturated rings. The molecule has 0 aliphatic carbocycles. The van der Waals surface area contributed by atoms with Gasteiger partial charge in [0.1, 0.15) is 11.5 Å². The van der Waals surface area contributed by atoms with Crippen LogP contribution in [-0.2, 0) is 6.18 Å². The highest BCUT2D eigenvalue weighted by molar-refractivity contribution is 5.65. The number of rotatable bonds is 3. The maximum absolute atomic E-state index is 12.6. The largest absolute Gasteiger partial charge is 0.462 e. The van der Waals surface area contributed by atoms with Crippen molar-refractivity contribution in [3.05, 3.63) is 54.1 Å². The van der Waals surface area contributed by atoms with Gasteiger partial charge in [0.2, 0.25) is 0 Å². The van der Waals surface area contributed by atoms with Crippen LogP contribution in [0.1, 0.15) is 5.56 Å². The third-order valence-corrected chi connectivity index (χ3v) is 2.48. The van der Waals surface area contributed by atoms with Gasteiger partial charge in [-0.15, -0.1) is 5.11 Å². The van der Waals surface area contributed by atoms with E-state index in [1.165, 1.54) is 36.4 Å². The Morgan fingerprint density at radius 1 is 1.05 bits per heavy atom. The molecule has 0 radical (unpaired) electrons. The van der Waals surface area contributed by atoms with E-state index in [0.717, 1.165) is 12.1 Å². The fourth-order valence-electron chi connectivity index (χ4n) is 1.55. The van der Waals surface area contributed by atoms with Gasteiger partial charge in [0.15, 0.2) is 0 Å². The van der Waals surface area contributed by atoms with Crippen molar-refractivity contribution in [2.45, 2.75) is 6.18 Å². The summed E-state index contributed by atoms with van der Waals surface area (Å²) >= 11 is 0. The van der Waals surface area contributed by atoms with Gasteiger partial charge in [0, 0.05) is 0 Å². The molecule has 0 aliphatic rings. The topological polar surface area (TPSA) is 71.2 Å². The monoisotopic (exact) mass is 310 g/mol. The third kappa shape index (κ3) is 4.30. The molecular formula is C14H9F3N2O3. The standard InChI is InChI=1S/C14H9F3N2O3/c15-14(16,17)9-2-1-3-12(8-9)22-11-6-4-10(5-7-11)18-19-13(20)21/h1-8H,(H,20,21). The van der Waals surface area contributed by atoms with E-state index in [1.807, 2.05) is 0 Å². The number of carbonyl (C=O) groups is 1.